The lowest BCUT2D eigenvalue weighted by Gasteiger charge is -2.39. The molecule has 2 N–H and O–H groups in total. The fourth-order valence-electron chi connectivity index (χ4n) is 6.73. The number of nitrogens with one attached hydrogen (secondary N) is 2. The lowest BCUT2D eigenvalue weighted by Crippen LogP contribution is -2.60. The van der Waals surface area contributed by atoms with E-state index >= 15 is 0 Å². The largest absolute Gasteiger partial charge is 0.491 e. The van der Waals surface area contributed by atoms with E-state index in [-0.39, 0.29) is 17.2 Å². The Morgan fingerprint density at radius 2 is 1.69 bits per heavy atom. The molecule has 2 amide bonds. The number of hydrogen-bond donors (Lipinski definition) is 2. The summed E-state index contributed by atoms with van der Waals surface area (Å²) in [6.45, 7) is 23.6. The van der Waals surface area contributed by atoms with Crippen LogP contribution in [0.5, 0.6) is 0 Å². The Balaban J connectivity index is 1.62. The maximum absolute atomic E-state index is 13.5. The van der Waals surface area contributed by atoms with E-state index in [1.165, 1.54) is 5.57 Å². The summed E-state index contributed by atoms with van der Waals surface area (Å²) in [4.78, 5) is 26.9. The Bertz CT molecular complexity index is 1030. The van der Waals surface area contributed by atoms with Crippen molar-refractivity contribution in [2.75, 3.05) is 6.61 Å². The molecule has 2 saturated carbocycles. The van der Waals surface area contributed by atoms with Gasteiger partial charge in [0.05, 0.1) is 11.6 Å². The number of benzene rings is 1. The quantitative estimate of drug-likeness (QED) is 0.211. The molecular weight excluding hydrogens is 484 g/mol. The van der Waals surface area contributed by atoms with Crippen LogP contribution in [0.2, 0.25) is 0 Å². The van der Waals surface area contributed by atoms with Gasteiger partial charge in [0, 0.05) is 12.0 Å². The maximum atomic E-state index is 13.5. The first-order chi connectivity index (χ1) is 18.2. The Labute approximate surface area is 237 Å². The number of rotatable bonds is 12. The van der Waals surface area contributed by atoms with Gasteiger partial charge in [0.25, 0.3) is 0 Å². The molecular formula is C34H52N2O3. The lowest BCUT2D eigenvalue weighted by atomic mass is 9.81. The standard InChI is InChI=1S/C34H52N2O3/c1-23(2)24(3)29-27(33(29,8)9)18-19-28(37)30(32(5,6)7)35-31(38)36-34(20-14-11-15-21-34)22-39-25(4)26-16-12-10-13-17-26/h10,12-13,16-17,24,27,29-30H,1,4,11,14-15,18-22H2,2-3,5-9H3,(H2,35,36,38)/t24?,27-,29+,30?/m0/s1. The molecule has 0 aromatic heterocycles. The molecule has 2 aliphatic carbocycles. The molecule has 0 spiro atoms. The number of carbonyl (C=O) groups excluding carboxylic acids is 2. The normalized spacial score (nSPS) is 23.2. The molecule has 0 radical (unpaired) electrons. The predicted octanol–water partition coefficient (Wildman–Crippen LogP) is 7.92. The molecule has 3 rings (SSSR count). The number of amides is 2. The molecule has 2 unspecified atom stereocenters. The van der Waals surface area contributed by atoms with Crippen LogP contribution in [0.4, 0.5) is 4.79 Å². The molecule has 0 heterocycles. The molecule has 0 aliphatic heterocycles. The second-order valence-corrected chi connectivity index (χ2v) is 13.9. The number of carbonyl (C=O) groups is 2. The van der Waals surface area contributed by atoms with Crippen LogP contribution < -0.4 is 10.6 Å². The number of urea groups is 1. The number of hydrogen-bond acceptors (Lipinski definition) is 3. The van der Waals surface area contributed by atoms with E-state index in [1.807, 2.05) is 51.1 Å². The molecule has 0 bridgehead atoms. The number of ether oxygens (including phenoxy) is 1. The summed E-state index contributed by atoms with van der Waals surface area (Å²) < 4.78 is 6.12. The third kappa shape index (κ3) is 7.77. The van der Waals surface area contributed by atoms with E-state index in [0.717, 1.165) is 44.1 Å². The van der Waals surface area contributed by atoms with Crippen LogP contribution in [0.1, 0.15) is 99.0 Å². The monoisotopic (exact) mass is 536 g/mol. The van der Waals surface area contributed by atoms with E-state index < -0.39 is 17.0 Å². The van der Waals surface area contributed by atoms with Crippen LogP contribution in [0.3, 0.4) is 0 Å². The van der Waals surface area contributed by atoms with Crippen LogP contribution in [0, 0.1) is 28.6 Å². The Kier molecular flexibility index (Phi) is 9.78. The zero-order chi connectivity index (χ0) is 29.0. The zero-order valence-corrected chi connectivity index (χ0v) is 25.5. The minimum absolute atomic E-state index is 0.105. The first kappa shape index (κ1) is 31.0. The van der Waals surface area contributed by atoms with E-state index in [4.69, 9.17) is 4.74 Å². The molecule has 216 valence electrons. The molecule has 5 nitrogen and oxygen atoms in total. The van der Waals surface area contributed by atoms with Crippen molar-refractivity contribution in [3.63, 3.8) is 0 Å². The van der Waals surface area contributed by atoms with Crippen molar-refractivity contribution in [1.29, 1.82) is 0 Å². The molecule has 1 aromatic rings. The minimum atomic E-state index is -0.558. The smallest absolute Gasteiger partial charge is 0.315 e. The average Bonchev–Trinajstić information content (AvgIpc) is 3.43. The summed E-state index contributed by atoms with van der Waals surface area (Å²) in [6, 6.07) is 8.98. The van der Waals surface area contributed by atoms with Gasteiger partial charge in [-0.15, -0.1) is 0 Å². The first-order valence-corrected chi connectivity index (χ1v) is 14.8. The van der Waals surface area contributed by atoms with Crippen molar-refractivity contribution in [1.82, 2.24) is 10.6 Å². The summed E-state index contributed by atoms with van der Waals surface area (Å²) in [6.07, 6.45) is 6.22. The second kappa shape index (κ2) is 12.3. The Hall–Kier alpha value is -2.56. The van der Waals surface area contributed by atoms with Crippen LogP contribution in [-0.2, 0) is 9.53 Å². The van der Waals surface area contributed by atoms with E-state index in [9.17, 15) is 9.59 Å². The predicted molar refractivity (Wildman–Crippen MR) is 161 cm³/mol. The minimum Gasteiger partial charge on any atom is -0.491 e. The van der Waals surface area contributed by atoms with Gasteiger partial charge < -0.3 is 15.4 Å². The highest BCUT2D eigenvalue weighted by atomic mass is 16.5. The zero-order valence-electron chi connectivity index (χ0n) is 25.5. The molecule has 4 atom stereocenters. The fourth-order valence-corrected chi connectivity index (χ4v) is 6.73. The van der Waals surface area contributed by atoms with Crippen molar-refractivity contribution in [3.05, 3.63) is 54.6 Å². The van der Waals surface area contributed by atoms with Gasteiger partial charge in [-0.25, -0.2) is 4.79 Å². The van der Waals surface area contributed by atoms with Gasteiger partial charge in [0.2, 0.25) is 0 Å². The van der Waals surface area contributed by atoms with Gasteiger partial charge in [0.1, 0.15) is 12.4 Å². The summed E-state index contributed by atoms with van der Waals surface area (Å²) in [5.74, 6) is 2.22. The summed E-state index contributed by atoms with van der Waals surface area (Å²) in [5, 5.41) is 6.32. The van der Waals surface area contributed by atoms with Gasteiger partial charge in [-0.3, -0.25) is 4.79 Å². The SMILES string of the molecule is C=C(OCC1(NC(=O)NC(C(=O)CC[C@H]2[C@@H](C(C)C(=C)C)C2(C)C)C(C)(C)C)CCCCC1)c1ccccc1. The van der Waals surface area contributed by atoms with Crippen molar-refractivity contribution in [3.8, 4) is 0 Å². The van der Waals surface area contributed by atoms with Gasteiger partial charge in [-0.1, -0.05) is 110 Å². The van der Waals surface area contributed by atoms with Crippen LogP contribution >= 0.6 is 0 Å². The molecule has 2 aliphatic rings. The topological polar surface area (TPSA) is 67.4 Å². The lowest BCUT2D eigenvalue weighted by molar-refractivity contribution is -0.123. The fraction of sp³-hybridized carbons (Fsp3) is 0.647. The van der Waals surface area contributed by atoms with E-state index in [1.54, 1.807) is 0 Å². The highest BCUT2D eigenvalue weighted by Crippen LogP contribution is 2.64. The highest BCUT2D eigenvalue weighted by Gasteiger charge is 2.59. The van der Waals surface area contributed by atoms with Crippen LogP contribution in [0.25, 0.3) is 5.76 Å². The van der Waals surface area contributed by atoms with E-state index in [2.05, 4.69) is 51.5 Å². The van der Waals surface area contributed by atoms with Gasteiger partial charge in [0.15, 0.2) is 5.78 Å². The molecule has 1 aromatic carbocycles. The Morgan fingerprint density at radius 1 is 1.08 bits per heavy atom. The number of ketones is 1. The Morgan fingerprint density at radius 3 is 2.26 bits per heavy atom. The van der Waals surface area contributed by atoms with Crippen LogP contribution in [0.15, 0.2) is 49.1 Å². The van der Waals surface area contributed by atoms with E-state index in [0.29, 0.717) is 36.5 Å². The van der Waals surface area contributed by atoms with Crippen LogP contribution in [-0.4, -0.2) is 30.0 Å². The van der Waals surface area contributed by atoms with Gasteiger partial charge >= 0.3 is 6.03 Å². The average molecular weight is 537 g/mol. The summed E-state index contributed by atoms with van der Waals surface area (Å²) in [7, 11) is 0. The molecule has 5 heteroatoms. The van der Waals surface area contributed by atoms with Crippen molar-refractivity contribution in [2.24, 2.45) is 28.6 Å². The second-order valence-electron chi connectivity index (χ2n) is 13.9. The third-order valence-corrected chi connectivity index (χ3v) is 9.43. The highest BCUT2D eigenvalue weighted by molar-refractivity contribution is 5.89. The third-order valence-electron chi connectivity index (χ3n) is 9.43. The van der Waals surface area contributed by atoms with Gasteiger partial charge in [-0.2, -0.15) is 0 Å². The summed E-state index contributed by atoms with van der Waals surface area (Å²) >= 11 is 0. The number of allylic oxidation sites excluding steroid dienone is 1. The van der Waals surface area contributed by atoms with Crippen molar-refractivity contribution in [2.45, 2.75) is 105 Å². The van der Waals surface area contributed by atoms with Crippen molar-refractivity contribution < 1.29 is 14.3 Å². The van der Waals surface area contributed by atoms with Gasteiger partial charge in [-0.05, 0) is 54.8 Å². The first-order valence-electron chi connectivity index (χ1n) is 14.8. The molecule has 2 fully saturated rings. The maximum Gasteiger partial charge on any atom is 0.315 e. The number of Topliss-reactive ketones (excluding diaryl/α,β-unsaturated/α-hetero) is 1. The van der Waals surface area contributed by atoms with Crippen molar-refractivity contribution >= 4 is 17.6 Å². The summed E-state index contributed by atoms with van der Waals surface area (Å²) in [5.41, 5.74) is 1.49. The molecule has 39 heavy (non-hydrogen) atoms. The molecule has 0 saturated heterocycles.